The van der Waals surface area contributed by atoms with Gasteiger partial charge in [-0.2, -0.15) is 0 Å². The van der Waals surface area contributed by atoms with Crippen LogP contribution in [0.1, 0.15) is 26.2 Å². The number of carbonyl (C=O) groups is 1. The van der Waals surface area contributed by atoms with E-state index < -0.39 is 21.8 Å². The Morgan fingerprint density at radius 1 is 1.56 bits per heavy atom. The minimum absolute atomic E-state index is 0. The van der Waals surface area contributed by atoms with Crippen LogP contribution in [-0.2, 0) is 14.6 Å². The van der Waals surface area contributed by atoms with Gasteiger partial charge in [-0.3, -0.25) is 0 Å². The SMILES string of the molecule is CCCC(NC1CCS(=O)(=O)C1)C(=O)[O-].[K+]. The molecule has 2 unspecified atom stereocenters. The van der Waals surface area contributed by atoms with Gasteiger partial charge in [-0.15, -0.1) is 0 Å². The summed E-state index contributed by atoms with van der Waals surface area (Å²) < 4.78 is 22.3. The molecule has 1 fully saturated rings. The van der Waals surface area contributed by atoms with Crippen molar-refractivity contribution in [3.8, 4) is 0 Å². The molecule has 0 aliphatic carbocycles. The predicted molar refractivity (Wildman–Crippen MR) is 53.9 cm³/mol. The molecule has 7 heteroatoms. The van der Waals surface area contributed by atoms with Crippen LogP contribution < -0.4 is 61.8 Å². The number of rotatable bonds is 5. The normalized spacial score (nSPS) is 24.7. The van der Waals surface area contributed by atoms with Gasteiger partial charge in [0.05, 0.1) is 17.5 Å². The van der Waals surface area contributed by atoms with Gasteiger partial charge in [0.25, 0.3) is 0 Å². The van der Waals surface area contributed by atoms with Crippen LogP contribution in [-0.4, -0.2) is 38.0 Å². The first kappa shape index (κ1) is 17.0. The molecule has 0 spiro atoms. The fraction of sp³-hybridized carbons (Fsp3) is 0.889. The second-order valence-electron chi connectivity index (χ2n) is 3.93. The van der Waals surface area contributed by atoms with Gasteiger partial charge in [-0.05, 0) is 12.8 Å². The number of carboxylic acids is 1. The topological polar surface area (TPSA) is 86.3 Å². The van der Waals surface area contributed by atoms with Crippen LogP contribution in [0.4, 0.5) is 0 Å². The predicted octanol–water partition coefficient (Wildman–Crippen LogP) is -4.31. The fourth-order valence-corrected chi connectivity index (χ4v) is 3.46. The standard InChI is InChI=1S/C9H17NO4S.K/c1-2-3-8(9(11)12)10-7-4-5-15(13,14)6-7;/h7-8,10H,2-6H2,1H3,(H,11,12);/q;+1/p-1. The number of hydrogen-bond donors (Lipinski definition) is 1. The van der Waals surface area contributed by atoms with Gasteiger partial charge in [0.15, 0.2) is 9.84 Å². The summed E-state index contributed by atoms with van der Waals surface area (Å²) in [5, 5.41) is 13.5. The monoisotopic (exact) mass is 273 g/mol. The van der Waals surface area contributed by atoms with E-state index in [4.69, 9.17) is 0 Å². The number of hydrogen-bond acceptors (Lipinski definition) is 5. The maximum Gasteiger partial charge on any atom is 1.00 e. The summed E-state index contributed by atoms with van der Waals surface area (Å²) in [5.74, 6) is -0.960. The smallest absolute Gasteiger partial charge is 0.548 e. The van der Waals surface area contributed by atoms with Gasteiger partial charge in [-0.1, -0.05) is 13.3 Å². The molecule has 0 aromatic rings. The summed E-state index contributed by atoms with van der Waals surface area (Å²) in [4.78, 5) is 10.7. The fourth-order valence-electron chi connectivity index (χ4n) is 1.77. The van der Waals surface area contributed by atoms with Crippen molar-refractivity contribution in [1.29, 1.82) is 0 Å². The van der Waals surface area contributed by atoms with E-state index in [-0.39, 0.29) is 68.9 Å². The molecule has 5 nitrogen and oxygen atoms in total. The number of carbonyl (C=O) groups excluding carboxylic acids is 1. The zero-order valence-corrected chi connectivity index (χ0v) is 13.7. The van der Waals surface area contributed by atoms with Gasteiger partial charge in [-0.25, -0.2) is 8.42 Å². The second-order valence-corrected chi connectivity index (χ2v) is 6.16. The first-order valence-corrected chi connectivity index (χ1v) is 6.94. The quantitative estimate of drug-likeness (QED) is 0.512. The number of sulfone groups is 1. The molecule has 0 bridgehead atoms. The molecule has 0 aromatic carbocycles. The Labute approximate surface area is 139 Å². The number of nitrogens with one attached hydrogen (secondary N) is 1. The minimum atomic E-state index is -2.96. The molecule has 1 aliphatic rings. The van der Waals surface area contributed by atoms with Crippen molar-refractivity contribution in [1.82, 2.24) is 5.32 Å². The van der Waals surface area contributed by atoms with Crippen molar-refractivity contribution in [3.05, 3.63) is 0 Å². The summed E-state index contributed by atoms with van der Waals surface area (Å²) in [6, 6.07) is -0.960. The summed E-state index contributed by atoms with van der Waals surface area (Å²) in [7, 11) is -2.96. The van der Waals surface area contributed by atoms with E-state index in [1.54, 1.807) is 0 Å². The molecule has 0 aromatic heterocycles. The maximum atomic E-state index is 11.1. The largest absolute Gasteiger partial charge is 1.00 e. The summed E-state index contributed by atoms with van der Waals surface area (Å²) in [6.07, 6.45) is 1.69. The van der Waals surface area contributed by atoms with Crippen molar-refractivity contribution in [2.75, 3.05) is 11.5 Å². The van der Waals surface area contributed by atoms with Gasteiger partial charge >= 0.3 is 51.4 Å². The van der Waals surface area contributed by atoms with E-state index >= 15 is 0 Å². The molecule has 16 heavy (non-hydrogen) atoms. The second kappa shape index (κ2) is 7.45. The summed E-state index contributed by atoms with van der Waals surface area (Å²) >= 11 is 0. The Morgan fingerprint density at radius 2 is 2.19 bits per heavy atom. The third-order valence-corrected chi connectivity index (χ3v) is 4.30. The van der Waals surface area contributed by atoms with E-state index in [2.05, 4.69) is 5.32 Å². The Kier molecular flexibility index (Phi) is 7.92. The van der Waals surface area contributed by atoms with Crippen LogP contribution in [0.15, 0.2) is 0 Å². The van der Waals surface area contributed by atoms with Gasteiger partial charge in [0.2, 0.25) is 0 Å². The third-order valence-electron chi connectivity index (χ3n) is 2.53. The molecule has 1 saturated heterocycles. The van der Waals surface area contributed by atoms with Gasteiger partial charge < -0.3 is 15.2 Å². The van der Waals surface area contributed by atoms with Crippen LogP contribution in [0, 0.1) is 0 Å². The Hall–Kier alpha value is 1.02. The van der Waals surface area contributed by atoms with Crippen LogP contribution >= 0.6 is 0 Å². The average Bonchev–Trinajstić information content (AvgIpc) is 2.44. The van der Waals surface area contributed by atoms with Gasteiger partial charge in [0.1, 0.15) is 0 Å². The molecule has 0 saturated carbocycles. The van der Waals surface area contributed by atoms with E-state index in [1.165, 1.54) is 0 Å². The molecule has 0 amide bonds. The Bertz CT molecular complexity index is 330. The van der Waals surface area contributed by atoms with Crippen LogP contribution in [0.2, 0.25) is 0 Å². The molecule has 1 rings (SSSR count). The molecule has 1 aliphatic heterocycles. The maximum absolute atomic E-state index is 11.1. The van der Waals surface area contributed by atoms with Crippen LogP contribution in [0.3, 0.4) is 0 Å². The molecular formula is C9H16KNO4S. The van der Waals surface area contributed by atoms with Crippen LogP contribution in [0.25, 0.3) is 0 Å². The van der Waals surface area contributed by atoms with E-state index in [0.29, 0.717) is 12.8 Å². The molecule has 1 heterocycles. The van der Waals surface area contributed by atoms with Gasteiger partial charge in [0, 0.05) is 12.1 Å². The van der Waals surface area contributed by atoms with E-state index in [9.17, 15) is 18.3 Å². The zero-order chi connectivity index (χ0) is 11.5. The van der Waals surface area contributed by atoms with E-state index in [0.717, 1.165) is 6.42 Å². The van der Waals surface area contributed by atoms with Crippen molar-refractivity contribution < 1.29 is 69.7 Å². The minimum Gasteiger partial charge on any atom is -0.548 e. The van der Waals surface area contributed by atoms with E-state index in [1.807, 2.05) is 6.92 Å². The third kappa shape index (κ3) is 5.57. The summed E-state index contributed by atoms with van der Waals surface area (Å²) in [5.41, 5.74) is 0. The molecule has 1 N–H and O–H groups in total. The average molecular weight is 273 g/mol. The first-order chi connectivity index (χ1) is 6.94. The van der Waals surface area contributed by atoms with Crippen molar-refractivity contribution in [2.45, 2.75) is 38.3 Å². The molecule has 0 radical (unpaired) electrons. The molecular weight excluding hydrogens is 257 g/mol. The Morgan fingerprint density at radius 3 is 2.56 bits per heavy atom. The Balaban J connectivity index is 0.00000225. The molecule has 2 atom stereocenters. The zero-order valence-electron chi connectivity index (χ0n) is 9.73. The number of aliphatic carboxylic acids is 1. The first-order valence-electron chi connectivity index (χ1n) is 5.12. The summed E-state index contributed by atoms with van der Waals surface area (Å²) in [6.45, 7) is 1.88. The van der Waals surface area contributed by atoms with Crippen molar-refractivity contribution in [3.63, 3.8) is 0 Å². The van der Waals surface area contributed by atoms with Crippen LogP contribution in [0.5, 0.6) is 0 Å². The molecule has 88 valence electrons. The number of carboxylic acid groups (broad SMARTS) is 1. The van der Waals surface area contributed by atoms with Crippen molar-refractivity contribution >= 4 is 15.8 Å². The van der Waals surface area contributed by atoms with Crippen molar-refractivity contribution in [2.24, 2.45) is 0 Å².